The molecule has 0 radical (unpaired) electrons. The van der Waals surface area contributed by atoms with Crippen LogP contribution in [0.15, 0.2) is 0 Å². The summed E-state index contributed by atoms with van der Waals surface area (Å²) in [7, 11) is 1.70. The molecule has 0 aliphatic heterocycles. The van der Waals surface area contributed by atoms with E-state index in [0.29, 0.717) is 6.54 Å². The summed E-state index contributed by atoms with van der Waals surface area (Å²) >= 11 is 0. The lowest BCUT2D eigenvalue weighted by Gasteiger charge is -2.40. The molecule has 10 N–H and O–H groups in total. The summed E-state index contributed by atoms with van der Waals surface area (Å²) in [5, 5.41) is 99.5. The Kier molecular flexibility index (Phi) is 28.1. The van der Waals surface area contributed by atoms with Crippen LogP contribution >= 0.6 is 0 Å². The summed E-state index contributed by atoms with van der Waals surface area (Å²) in [6.45, 7) is 0.801. The van der Waals surface area contributed by atoms with Crippen molar-refractivity contribution in [3.63, 3.8) is 0 Å². The molecular formula is C35H74NO10+. The maximum Gasteiger partial charge on any atom is 0.131 e. The van der Waals surface area contributed by atoms with Gasteiger partial charge in [-0.3, -0.25) is 0 Å². The van der Waals surface area contributed by atoms with Gasteiger partial charge in [-0.1, -0.05) is 122 Å². The summed E-state index contributed by atoms with van der Waals surface area (Å²) in [4.78, 5) is 0. The fraction of sp³-hybridized carbons (Fsp3) is 1.00. The fourth-order valence-electron chi connectivity index (χ4n) is 6.25. The Bertz CT molecular complexity index is 645. The Labute approximate surface area is 279 Å². The molecule has 11 heteroatoms. The van der Waals surface area contributed by atoms with Crippen LogP contribution in [0.25, 0.3) is 0 Å². The molecule has 0 aliphatic carbocycles. The Morgan fingerprint density at radius 2 is 0.609 bits per heavy atom. The van der Waals surface area contributed by atoms with E-state index in [1.165, 1.54) is 103 Å². The Morgan fingerprint density at radius 1 is 0.370 bits per heavy atom. The summed E-state index contributed by atoms with van der Waals surface area (Å²) in [5.74, 6) is 0. The van der Waals surface area contributed by atoms with Crippen molar-refractivity contribution in [3.05, 3.63) is 0 Å². The van der Waals surface area contributed by atoms with Crippen LogP contribution in [0, 0.1) is 0 Å². The van der Waals surface area contributed by atoms with Gasteiger partial charge in [0.15, 0.2) is 0 Å². The molecule has 0 saturated heterocycles. The van der Waals surface area contributed by atoms with E-state index >= 15 is 0 Å². The van der Waals surface area contributed by atoms with Crippen LogP contribution in [-0.2, 0) is 0 Å². The monoisotopic (exact) mass is 669 g/mol. The zero-order valence-electron chi connectivity index (χ0n) is 29.2. The molecule has 8 atom stereocenters. The molecule has 0 aromatic rings. The first-order valence-electron chi connectivity index (χ1n) is 18.4. The molecule has 0 amide bonds. The second kappa shape index (κ2) is 28.4. The van der Waals surface area contributed by atoms with Crippen molar-refractivity contribution < 1.29 is 55.5 Å². The molecule has 0 bridgehead atoms. The van der Waals surface area contributed by atoms with Crippen LogP contribution in [-0.4, -0.2) is 144 Å². The number of quaternary nitrogens is 1. The Balaban J connectivity index is 4.39. The van der Waals surface area contributed by atoms with Crippen LogP contribution in [0.2, 0.25) is 0 Å². The number of nitrogens with zero attached hydrogens (tertiary/aromatic N) is 1. The first-order valence-corrected chi connectivity index (χ1v) is 18.4. The van der Waals surface area contributed by atoms with Crippen LogP contribution < -0.4 is 0 Å². The number of hydrogen-bond donors (Lipinski definition) is 10. The Hall–Kier alpha value is -0.440. The lowest BCUT2D eigenvalue weighted by atomic mass is 9.99. The summed E-state index contributed by atoms with van der Waals surface area (Å²) in [6.07, 6.45) is 11.7. The highest BCUT2D eigenvalue weighted by molar-refractivity contribution is 4.83. The standard InChI is InChI=1S/C35H74NO10/c1-3-4-5-6-7-8-9-10-11-12-13-14-15-16-17-18-19-20-21-22-23-36(2,24-28(39)32(43)34(45)30(41)26-37)25-29(40)33(44)35(46)31(42)27-38/h28-35,37-46H,3-27H2,1-2H3/q+1/t28-,29-,30+,31+,32+,33+,34+,35+/m0/s1. The highest BCUT2D eigenvalue weighted by Crippen LogP contribution is 2.19. The van der Waals surface area contributed by atoms with E-state index in [-0.39, 0.29) is 17.6 Å². The quantitative estimate of drug-likeness (QED) is 0.0365. The van der Waals surface area contributed by atoms with Gasteiger partial charge in [-0.2, -0.15) is 0 Å². The normalized spacial score (nSPS) is 17.7. The van der Waals surface area contributed by atoms with Gasteiger partial charge in [-0.05, 0) is 12.8 Å². The zero-order valence-corrected chi connectivity index (χ0v) is 29.2. The van der Waals surface area contributed by atoms with Crippen LogP contribution in [0.1, 0.15) is 135 Å². The average Bonchev–Trinajstić information content (AvgIpc) is 3.04. The first kappa shape index (κ1) is 45.6. The molecule has 0 fully saturated rings. The minimum Gasteiger partial charge on any atom is -0.394 e. The third-order valence-electron chi connectivity index (χ3n) is 9.46. The number of hydrogen-bond acceptors (Lipinski definition) is 10. The molecule has 11 nitrogen and oxygen atoms in total. The van der Waals surface area contributed by atoms with E-state index in [4.69, 9.17) is 10.2 Å². The van der Waals surface area contributed by atoms with E-state index in [1.807, 2.05) is 0 Å². The van der Waals surface area contributed by atoms with Gasteiger partial charge in [-0.25, -0.2) is 0 Å². The van der Waals surface area contributed by atoms with E-state index in [1.54, 1.807) is 7.05 Å². The van der Waals surface area contributed by atoms with Gasteiger partial charge < -0.3 is 55.5 Å². The number of rotatable bonds is 33. The van der Waals surface area contributed by atoms with Gasteiger partial charge >= 0.3 is 0 Å². The van der Waals surface area contributed by atoms with Crippen molar-refractivity contribution in [1.29, 1.82) is 0 Å². The van der Waals surface area contributed by atoms with E-state index in [2.05, 4.69) is 6.92 Å². The van der Waals surface area contributed by atoms with Gasteiger partial charge in [0, 0.05) is 0 Å². The average molecular weight is 669 g/mol. The van der Waals surface area contributed by atoms with E-state index in [0.717, 1.165) is 25.7 Å². The highest BCUT2D eigenvalue weighted by Gasteiger charge is 2.39. The maximum absolute atomic E-state index is 10.6. The molecule has 278 valence electrons. The minimum absolute atomic E-state index is 0.0423. The molecule has 0 saturated carbocycles. The van der Waals surface area contributed by atoms with Crippen LogP contribution in [0.4, 0.5) is 0 Å². The molecule has 0 unspecified atom stereocenters. The van der Waals surface area contributed by atoms with Crippen LogP contribution in [0.3, 0.4) is 0 Å². The number of aliphatic hydroxyl groups excluding tert-OH is 10. The number of likely N-dealkylation sites (N-methyl/N-ethyl adjacent to an activating group) is 1. The lowest BCUT2D eigenvalue weighted by molar-refractivity contribution is -0.916. The second-order valence-corrected chi connectivity index (χ2v) is 14.0. The number of aliphatic hydroxyl groups is 10. The molecule has 0 aromatic heterocycles. The van der Waals surface area contributed by atoms with E-state index < -0.39 is 62.0 Å². The van der Waals surface area contributed by atoms with Gasteiger partial charge in [0.1, 0.15) is 61.9 Å². The van der Waals surface area contributed by atoms with Crippen molar-refractivity contribution in [2.45, 2.75) is 184 Å². The van der Waals surface area contributed by atoms with Gasteiger partial charge in [0.2, 0.25) is 0 Å². The second-order valence-electron chi connectivity index (χ2n) is 14.0. The van der Waals surface area contributed by atoms with Gasteiger partial charge in [0.05, 0.1) is 26.8 Å². The third kappa shape index (κ3) is 21.5. The highest BCUT2D eigenvalue weighted by atomic mass is 16.4. The zero-order chi connectivity index (χ0) is 34.8. The smallest absolute Gasteiger partial charge is 0.131 e. The van der Waals surface area contributed by atoms with Crippen molar-refractivity contribution in [1.82, 2.24) is 0 Å². The molecule has 0 rings (SSSR count). The molecular weight excluding hydrogens is 594 g/mol. The molecule has 0 aliphatic rings. The maximum atomic E-state index is 10.6. The molecule has 0 aromatic carbocycles. The molecule has 0 heterocycles. The topological polar surface area (TPSA) is 202 Å². The van der Waals surface area contributed by atoms with Crippen molar-refractivity contribution in [2.75, 3.05) is 39.9 Å². The largest absolute Gasteiger partial charge is 0.394 e. The molecule has 0 spiro atoms. The SMILES string of the molecule is CCCCCCCCCCCCCCCCCCCCCC[N+](C)(C[C@H](O)[C@@H](O)[C@H](O)[C@H](O)CO)C[C@H](O)[C@@H](O)[C@H](O)[C@H](O)CO. The summed E-state index contributed by atoms with van der Waals surface area (Å²) in [5.41, 5.74) is 0. The first-order chi connectivity index (χ1) is 21.9. The van der Waals surface area contributed by atoms with Gasteiger partial charge in [0.25, 0.3) is 0 Å². The van der Waals surface area contributed by atoms with Crippen LogP contribution in [0.5, 0.6) is 0 Å². The summed E-state index contributed by atoms with van der Waals surface area (Å²) < 4.78 is -0.0423. The van der Waals surface area contributed by atoms with E-state index in [9.17, 15) is 40.9 Å². The van der Waals surface area contributed by atoms with Crippen molar-refractivity contribution in [2.24, 2.45) is 0 Å². The lowest BCUT2D eigenvalue weighted by Crippen LogP contribution is -2.60. The predicted molar refractivity (Wildman–Crippen MR) is 181 cm³/mol. The molecule has 46 heavy (non-hydrogen) atoms. The Morgan fingerprint density at radius 3 is 0.870 bits per heavy atom. The predicted octanol–water partition coefficient (Wildman–Crippen LogP) is 2.13. The van der Waals surface area contributed by atoms with Crippen molar-refractivity contribution in [3.8, 4) is 0 Å². The number of unbranched alkanes of at least 4 members (excludes halogenated alkanes) is 19. The summed E-state index contributed by atoms with van der Waals surface area (Å²) in [6, 6.07) is 0. The fourth-order valence-corrected chi connectivity index (χ4v) is 6.25. The van der Waals surface area contributed by atoms with Crippen molar-refractivity contribution >= 4 is 0 Å². The third-order valence-corrected chi connectivity index (χ3v) is 9.46. The van der Waals surface area contributed by atoms with Gasteiger partial charge in [-0.15, -0.1) is 0 Å². The minimum atomic E-state index is -1.79.